The molecule has 0 saturated heterocycles. The first-order chi connectivity index (χ1) is 7.18. The molecule has 0 unspecified atom stereocenters. The third kappa shape index (κ3) is 1.86. The summed E-state index contributed by atoms with van der Waals surface area (Å²) in [4.78, 5) is 14.5. The molecule has 0 bridgehead atoms. The second-order valence-corrected chi connectivity index (χ2v) is 3.84. The fraction of sp³-hybridized carbons (Fsp3) is 0.250. The summed E-state index contributed by atoms with van der Waals surface area (Å²) in [6.07, 6.45) is 2.04. The lowest BCUT2D eigenvalue weighted by Crippen LogP contribution is -2.15. The third-order valence-electron chi connectivity index (χ3n) is 2.36. The molecule has 0 fully saturated rings. The standard InChI is InChI=1S/C12H14N2O/c1-9(2)7-8-14-11-6-4-3-5-10(11)13-12(14)15/h3-7H,8H2,1-2H3,(H,13,15). The van der Waals surface area contributed by atoms with Crippen molar-refractivity contribution in [3.8, 4) is 0 Å². The Morgan fingerprint density at radius 3 is 2.87 bits per heavy atom. The number of aromatic amines is 1. The molecule has 3 nitrogen and oxygen atoms in total. The minimum absolute atomic E-state index is 0.0475. The van der Waals surface area contributed by atoms with Crippen LogP contribution < -0.4 is 5.69 Å². The number of para-hydroxylation sites is 2. The van der Waals surface area contributed by atoms with E-state index in [2.05, 4.69) is 4.98 Å². The summed E-state index contributed by atoms with van der Waals surface area (Å²) in [6.45, 7) is 4.69. The van der Waals surface area contributed by atoms with Crippen molar-refractivity contribution in [3.05, 3.63) is 46.4 Å². The zero-order valence-corrected chi connectivity index (χ0v) is 8.95. The monoisotopic (exact) mass is 202 g/mol. The van der Waals surface area contributed by atoms with Gasteiger partial charge in [0, 0.05) is 6.54 Å². The zero-order valence-electron chi connectivity index (χ0n) is 8.95. The van der Waals surface area contributed by atoms with Gasteiger partial charge in [-0.15, -0.1) is 0 Å². The summed E-state index contributed by atoms with van der Waals surface area (Å²) in [5, 5.41) is 0. The summed E-state index contributed by atoms with van der Waals surface area (Å²) in [5.74, 6) is 0. The molecule has 2 rings (SSSR count). The Morgan fingerprint density at radius 2 is 2.13 bits per heavy atom. The average molecular weight is 202 g/mol. The molecular weight excluding hydrogens is 188 g/mol. The Bertz CT molecular complexity index is 556. The molecule has 78 valence electrons. The smallest absolute Gasteiger partial charge is 0.306 e. The SMILES string of the molecule is CC(C)=CCn1c(=O)[nH]c2ccccc21. The van der Waals surface area contributed by atoms with E-state index in [4.69, 9.17) is 0 Å². The Labute approximate surface area is 88.0 Å². The van der Waals surface area contributed by atoms with Crippen molar-refractivity contribution in [2.45, 2.75) is 20.4 Å². The number of rotatable bonds is 2. The highest BCUT2D eigenvalue weighted by Crippen LogP contribution is 2.08. The highest BCUT2D eigenvalue weighted by atomic mass is 16.1. The fourth-order valence-corrected chi connectivity index (χ4v) is 1.56. The van der Waals surface area contributed by atoms with Gasteiger partial charge in [0.15, 0.2) is 0 Å². The van der Waals surface area contributed by atoms with Crippen LogP contribution >= 0.6 is 0 Å². The Balaban J connectivity index is 2.54. The molecule has 1 aromatic heterocycles. The van der Waals surface area contributed by atoms with Gasteiger partial charge in [-0.2, -0.15) is 0 Å². The topological polar surface area (TPSA) is 37.8 Å². The van der Waals surface area contributed by atoms with Crippen molar-refractivity contribution in [1.82, 2.24) is 9.55 Å². The van der Waals surface area contributed by atoms with Crippen molar-refractivity contribution in [3.63, 3.8) is 0 Å². The molecule has 1 N–H and O–H groups in total. The minimum atomic E-state index is -0.0475. The highest BCUT2D eigenvalue weighted by molar-refractivity contribution is 5.74. The lowest BCUT2D eigenvalue weighted by atomic mass is 10.3. The normalized spacial score (nSPS) is 10.5. The lowest BCUT2D eigenvalue weighted by Gasteiger charge is -1.98. The molecule has 0 aliphatic rings. The van der Waals surface area contributed by atoms with E-state index >= 15 is 0 Å². The van der Waals surface area contributed by atoms with Gasteiger partial charge in [0.2, 0.25) is 0 Å². The van der Waals surface area contributed by atoms with Crippen LogP contribution in [0.3, 0.4) is 0 Å². The first-order valence-corrected chi connectivity index (χ1v) is 4.99. The molecule has 0 radical (unpaired) electrons. The van der Waals surface area contributed by atoms with E-state index in [1.54, 1.807) is 4.57 Å². The predicted octanol–water partition coefficient (Wildman–Crippen LogP) is 2.30. The number of nitrogens with zero attached hydrogens (tertiary/aromatic N) is 1. The van der Waals surface area contributed by atoms with Gasteiger partial charge in [-0.1, -0.05) is 23.8 Å². The van der Waals surface area contributed by atoms with E-state index in [0.29, 0.717) is 6.54 Å². The molecule has 0 amide bonds. The Kier molecular flexibility index (Phi) is 2.46. The van der Waals surface area contributed by atoms with Crippen LogP contribution in [0.25, 0.3) is 11.0 Å². The molecule has 0 spiro atoms. The van der Waals surface area contributed by atoms with Crippen LogP contribution in [0.15, 0.2) is 40.7 Å². The molecular formula is C12H14N2O. The van der Waals surface area contributed by atoms with Crippen LogP contribution in [0, 0.1) is 0 Å². The first kappa shape index (κ1) is 9.77. The van der Waals surface area contributed by atoms with Crippen LogP contribution in [0.2, 0.25) is 0 Å². The van der Waals surface area contributed by atoms with Crippen molar-refractivity contribution < 1.29 is 0 Å². The van der Waals surface area contributed by atoms with E-state index in [-0.39, 0.29) is 5.69 Å². The van der Waals surface area contributed by atoms with Crippen LogP contribution in [0.5, 0.6) is 0 Å². The summed E-state index contributed by atoms with van der Waals surface area (Å²) in [5.41, 5.74) is 3.02. The number of allylic oxidation sites excluding steroid dienone is 2. The summed E-state index contributed by atoms with van der Waals surface area (Å²) in [7, 11) is 0. The number of aromatic nitrogens is 2. The predicted molar refractivity (Wildman–Crippen MR) is 62.0 cm³/mol. The van der Waals surface area contributed by atoms with Gasteiger partial charge in [-0.3, -0.25) is 4.57 Å². The third-order valence-corrected chi connectivity index (χ3v) is 2.36. The van der Waals surface area contributed by atoms with Gasteiger partial charge >= 0.3 is 5.69 Å². The number of H-pyrrole nitrogens is 1. The number of nitrogens with one attached hydrogen (secondary N) is 1. The van der Waals surface area contributed by atoms with Crippen LogP contribution in [-0.2, 0) is 6.54 Å². The van der Waals surface area contributed by atoms with E-state index in [9.17, 15) is 4.79 Å². The second kappa shape index (κ2) is 3.77. The van der Waals surface area contributed by atoms with Gasteiger partial charge in [0.1, 0.15) is 0 Å². The minimum Gasteiger partial charge on any atom is -0.306 e. The number of hydrogen-bond acceptors (Lipinski definition) is 1. The van der Waals surface area contributed by atoms with E-state index in [1.807, 2.05) is 44.2 Å². The Morgan fingerprint density at radius 1 is 1.40 bits per heavy atom. The van der Waals surface area contributed by atoms with Crippen molar-refractivity contribution in [2.75, 3.05) is 0 Å². The second-order valence-electron chi connectivity index (χ2n) is 3.84. The maximum Gasteiger partial charge on any atom is 0.326 e. The maximum absolute atomic E-state index is 11.6. The van der Waals surface area contributed by atoms with E-state index in [0.717, 1.165) is 11.0 Å². The number of hydrogen-bond donors (Lipinski definition) is 1. The molecule has 15 heavy (non-hydrogen) atoms. The fourth-order valence-electron chi connectivity index (χ4n) is 1.56. The number of fused-ring (bicyclic) bond motifs is 1. The molecule has 1 aromatic carbocycles. The van der Waals surface area contributed by atoms with E-state index in [1.165, 1.54) is 5.57 Å². The molecule has 1 heterocycles. The van der Waals surface area contributed by atoms with Crippen LogP contribution in [0.4, 0.5) is 0 Å². The molecule has 0 atom stereocenters. The number of imidazole rings is 1. The van der Waals surface area contributed by atoms with Crippen molar-refractivity contribution in [1.29, 1.82) is 0 Å². The first-order valence-electron chi connectivity index (χ1n) is 4.99. The summed E-state index contributed by atoms with van der Waals surface area (Å²) < 4.78 is 1.74. The van der Waals surface area contributed by atoms with E-state index < -0.39 is 0 Å². The van der Waals surface area contributed by atoms with Gasteiger partial charge in [0.05, 0.1) is 11.0 Å². The zero-order chi connectivity index (χ0) is 10.8. The van der Waals surface area contributed by atoms with Gasteiger partial charge in [-0.05, 0) is 26.0 Å². The quantitative estimate of drug-likeness (QED) is 0.745. The number of benzene rings is 1. The van der Waals surface area contributed by atoms with Gasteiger partial charge in [-0.25, -0.2) is 4.79 Å². The largest absolute Gasteiger partial charge is 0.326 e. The summed E-state index contributed by atoms with van der Waals surface area (Å²) in [6, 6.07) is 7.72. The van der Waals surface area contributed by atoms with Crippen LogP contribution in [-0.4, -0.2) is 9.55 Å². The van der Waals surface area contributed by atoms with Crippen molar-refractivity contribution >= 4 is 11.0 Å². The van der Waals surface area contributed by atoms with Crippen molar-refractivity contribution in [2.24, 2.45) is 0 Å². The average Bonchev–Trinajstić information content (AvgIpc) is 2.50. The molecule has 0 aliphatic carbocycles. The summed E-state index contributed by atoms with van der Waals surface area (Å²) >= 11 is 0. The van der Waals surface area contributed by atoms with Gasteiger partial charge in [0.25, 0.3) is 0 Å². The maximum atomic E-state index is 11.6. The molecule has 0 saturated carbocycles. The highest BCUT2D eigenvalue weighted by Gasteiger charge is 2.03. The van der Waals surface area contributed by atoms with Gasteiger partial charge < -0.3 is 4.98 Å². The molecule has 2 aromatic rings. The van der Waals surface area contributed by atoms with Crippen LogP contribution in [0.1, 0.15) is 13.8 Å². The molecule has 0 aliphatic heterocycles. The Hall–Kier alpha value is -1.77. The lowest BCUT2D eigenvalue weighted by molar-refractivity contribution is 0.803. The molecule has 3 heteroatoms.